The number of benzene rings is 2. The van der Waals surface area contributed by atoms with Crippen molar-refractivity contribution in [1.29, 1.82) is 0 Å². The van der Waals surface area contributed by atoms with E-state index in [4.69, 9.17) is 4.74 Å². The van der Waals surface area contributed by atoms with Crippen molar-refractivity contribution < 1.29 is 14.6 Å². The molecule has 124 valence electrons. The monoisotopic (exact) mass is 322 g/mol. The molecular weight excluding hydrogens is 300 g/mol. The SMILES string of the molecule is O=C(CC(O)CC=Cc1ccccc1)OCC=Cc1ccccc1. The highest BCUT2D eigenvalue weighted by molar-refractivity contribution is 5.70. The molecule has 0 heterocycles. The largest absolute Gasteiger partial charge is 0.461 e. The van der Waals surface area contributed by atoms with E-state index >= 15 is 0 Å². The van der Waals surface area contributed by atoms with Gasteiger partial charge < -0.3 is 9.84 Å². The van der Waals surface area contributed by atoms with Crippen LogP contribution in [0.1, 0.15) is 24.0 Å². The molecule has 0 aliphatic rings. The van der Waals surface area contributed by atoms with Gasteiger partial charge in [0, 0.05) is 0 Å². The number of aliphatic hydroxyl groups excluding tert-OH is 1. The summed E-state index contributed by atoms with van der Waals surface area (Å²) in [6.07, 6.45) is 7.17. The molecule has 2 aromatic rings. The summed E-state index contributed by atoms with van der Waals surface area (Å²) in [6, 6.07) is 19.6. The fraction of sp³-hybridized carbons (Fsp3) is 0.190. The van der Waals surface area contributed by atoms with Gasteiger partial charge in [-0.1, -0.05) is 78.9 Å². The van der Waals surface area contributed by atoms with Gasteiger partial charge in [-0.3, -0.25) is 4.79 Å². The molecule has 0 aromatic heterocycles. The van der Waals surface area contributed by atoms with Crippen LogP contribution in [0, 0.1) is 0 Å². The molecule has 1 unspecified atom stereocenters. The number of aliphatic hydroxyl groups is 1. The van der Waals surface area contributed by atoms with Crippen molar-refractivity contribution in [3.05, 3.63) is 83.9 Å². The van der Waals surface area contributed by atoms with Gasteiger partial charge in [0.05, 0.1) is 12.5 Å². The number of hydrogen-bond donors (Lipinski definition) is 1. The number of carbonyl (C=O) groups excluding carboxylic acids is 1. The number of ether oxygens (including phenoxy) is 1. The molecule has 1 atom stereocenters. The van der Waals surface area contributed by atoms with Crippen LogP contribution in [0.25, 0.3) is 12.2 Å². The van der Waals surface area contributed by atoms with Crippen LogP contribution in [-0.4, -0.2) is 23.8 Å². The van der Waals surface area contributed by atoms with Crippen molar-refractivity contribution in [2.45, 2.75) is 18.9 Å². The Labute approximate surface area is 142 Å². The van der Waals surface area contributed by atoms with Crippen molar-refractivity contribution in [3.63, 3.8) is 0 Å². The van der Waals surface area contributed by atoms with Crippen molar-refractivity contribution in [2.75, 3.05) is 6.61 Å². The molecule has 0 bridgehead atoms. The van der Waals surface area contributed by atoms with Crippen molar-refractivity contribution in [1.82, 2.24) is 0 Å². The zero-order valence-corrected chi connectivity index (χ0v) is 13.5. The minimum Gasteiger partial charge on any atom is -0.461 e. The van der Waals surface area contributed by atoms with E-state index in [2.05, 4.69) is 0 Å². The molecule has 3 nitrogen and oxygen atoms in total. The Morgan fingerprint density at radius 1 is 0.917 bits per heavy atom. The van der Waals surface area contributed by atoms with Gasteiger partial charge in [0.15, 0.2) is 0 Å². The van der Waals surface area contributed by atoms with E-state index in [0.29, 0.717) is 6.42 Å². The van der Waals surface area contributed by atoms with Crippen LogP contribution in [0.4, 0.5) is 0 Å². The Morgan fingerprint density at radius 2 is 1.46 bits per heavy atom. The van der Waals surface area contributed by atoms with E-state index < -0.39 is 12.1 Å². The molecule has 24 heavy (non-hydrogen) atoms. The van der Waals surface area contributed by atoms with Crippen LogP contribution >= 0.6 is 0 Å². The second-order valence-corrected chi connectivity index (χ2v) is 5.40. The van der Waals surface area contributed by atoms with Gasteiger partial charge in [0.2, 0.25) is 0 Å². The van der Waals surface area contributed by atoms with Crippen LogP contribution in [-0.2, 0) is 9.53 Å². The molecule has 1 N–H and O–H groups in total. The smallest absolute Gasteiger partial charge is 0.308 e. The van der Waals surface area contributed by atoms with E-state index in [0.717, 1.165) is 11.1 Å². The van der Waals surface area contributed by atoms with Gasteiger partial charge >= 0.3 is 5.97 Å². The quantitative estimate of drug-likeness (QED) is 0.744. The maximum Gasteiger partial charge on any atom is 0.308 e. The fourth-order valence-corrected chi connectivity index (χ4v) is 2.15. The summed E-state index contributed by atoms with van der Waals surface area (Å²) in [5.41, 5.74) is 2.12. The predicted octanol–water partition coefficient (Wildman–Crippen LogP) is 4.10. The molecule has 3 heteroatoms. The van der Waals surface area contributed by atoms with Crippen LogP contribution in [0.2, 0.25) is 0 Å². The summed E-state index contributed by atoms with van der Waals surface area (Å²) in [6.45, 7) is 0.209. The number of hydrogen-bond acceptors (Lipinski definition) is 3. The Hall–Kier alpha value is -2.65. The van der Waals surface area contributed by atoms with Crippen molar-refractivity contribution >= 4 is 18.1 Å². The molecule has 2 rings (SSSR count). The van der Waals surface area contributed by atoms with Crippen LogP contribution < -0.4 is 0 Å². The first kappa shape index (κ1) is 17.7. The maximum absolute atomic E-state index is 11.7. The zero-order valence-electron chi connectivity index (χ0n) is 13.5. The lowest BCUT2D eigenvalue weighted by atomic mass is 10.1. The first-order chi connectivity index (χ1) is 11.7. The molecule has 0 aliphatic heterocycles. The van der Waals surface area contributed by atoms with E-state index in [1.54, 1.807) is 6.08 Å². The maximum atomic E-state index is 11.7. The Balaban J connectivity index is 1.64. The van der Waals surface area contributed by atoms with E-state index in [1.807, 2.05) is 78.9 Å². The second-order valence-electron chi connectivity index (χ2n) is 5.40. The van der Waals surface area contributed by atoms with Gasteiger partial charge in [-0.2, -0.15) is 0 Å². The molecule has 0 saturated heterocycles. The lowest BCUT2D eigenvalue weighted by molar-refractivity contribution is -0.144. The standard InChI is InChI=1S/C21H22O3/c22-20(15-7-13-18-9-3-1-4-10-18)17-21(23)24-16-8-14-19-11-5-2-6-12-19/h1-14,20,22H,15-17H2. The average molecular weight is 322 g/mol. The predicted molar refractivity (Wildman–Crippen MR) is 97.2 cm³/mol. The highest BCUT2D eigenvalue weighted by Gasteiger charge is 2.09. The molecular formula is C21H22O3. The first-order valence-corrected chi connectivity index (χ1v) is 8.01. The Morgan fingerprint density at radius 3 is 2.04 bits per heavy atom. The number of rotatable bonds is 8. The second kappa shape index (κ2) is 10.2. The molecule has 0 fully saturated rings. The molecule has 0 spiro atoms. The summed E-state index contributed by atoms with van der Waals surface area (Å²) in [5.74, 6) is -0.395. The van der Waals surface area contributed by atoms with Gasteiger partial charge in [0.25, 0.3) is 0 Å². The Kier molecular flexibility index (Phi) is 7.51. The topological polar surface area (TPSA) is 46.5 Å². The average Bonchev–Trinajstić information content (AvgIpc) is 2.60. The third-order valence-electron chi connectivity index (χ3n) is 3.37. The lowest BCUT2D eigenvalue weighted by Crippen LogP contribution is -2.15. The summed E-state index contributed by atoms with van der Waals surface area (Å²) in [5, 5.41) is 9.86. The minimum atomic E-state index is -0.726. The number of esters is 1. The van der Waals surface area contributed by atoms with Crippen molar-refractivity contribution in [2.24, 2.45) is 0 Å². The van der Waals surface area contributed by atoms with Gasteiger partial charge in [0.1, 0.15) is 6.61 Å². The minimum absolute atomic E-state index is 0.00168. The summed E-state index contributed by atoms with van der Waals surface area (Å²) >= 11 is 0. The van der Waals surface area contributed by atoms with Crippen LogP contribution in [0.15, 0.2) is 72.8 Å². The van der Waals surface area contributed by atoms with Crippen molar-refractivity contribution in [3.8, 4) is 0 Å². The summed E-state index contributed by atoms with van der Waals surface area (Å²) in [4.78, 5) is 11.7. The van der Waals surface area contributed by atoms with E-state index in [-0.39, 0.29) is 13.0 Å². The van der Waals surface area contributed by atoms with Crippen LogP contribution in [0.3, 0.4) is 0 Å². The highest BCUT2D eigenvalue weighted by atomic mass is 16.5. The normalized spacial score (nSPS) is 12.5. The third-order valence-corrected chi connectivity index (χ3v) is 3.37. The van der Waals surface area contributed by atoms with Gasteiger partial charge in [-0.25, -0.2) is 0 Å². The molecule has 0 amide bonds. The van der Waals surface area contributed by atoms with Gasteiger partial charge in [-0.05, 0) is 23.6 Å². The molecule has 0 aliphatic carbocycles. The lowest BCUT2D eigenvalue weighted by Gasteiger charge is -2.07. The highest BCUT2D eigenvalue weighted by Crippen LogP contribution is 2.06. The third kappa shape index (κ3) is 7.07. The fourth-order valence-electron chi connectivity index (χ4n) is 2.15. The first-order valence-electron chi connectivity index (χ1n) is 8.01. The summed E-state index contributed by atoms with van der Waals surface area (Å²) < 4.78 is 5.09. The number of carbonyl (C=O) groups is 1. The molecule has 0 saturated carbocycles. The van der Waals surface area contributed by atoms with E-state index in [1.165, 1.54) is 0 Å². The van der Waals surface area contributed by atoms with Gasteiger partial charge in [-0.15, -0.1) is 0 Å². The molecule has 0 radical (unpaired) electrons. The zero-order chi connectivity index (χ0) is 17.0. The summed E-state index contributed by atoms with van der Waals surface area (Å²) in [7, 11) is 0. The Bertz CT molecular complexity index is 660. The van der Waals surface area contributed by atoms with Crippen LogP contribution in [0.5, 0.6) is 0 Å². The van der Waals surface area contributed by atoms with E-state index in [9.17, 15) is 9.90 Å². The molecule has 2 aromatic carbocycles.